The normalized spacial score (nSPS) is 13.9. The highest BCUT2D eigenvalue weighted by molar-refractivity contribution is 6.28. The molecule has 0 saturated heterocycles. The standard InChI is InChI=1S/C43H28O/c1-43(2)35-16-8-7-11-27(35)28-20-19-26(24-36(28)43)39-29-12-3-5-14-31(29)41(32-15-6-4-13-30(32)39)33-22-23-38-42-34(33)21-18-25-10-9-17-37(44-38)40(25)42/h3-24H,1-2H3. The summed E-state index contributed by atoms with van der Waals surface area (Å²) in [7, 11) is 0. The third-order valence-corrected chi connectivity index (χ3v) is 10.2. The van der Waals surface area contributed by atoms with E-state index in [1.165, 1.54) is 87.6 Å². The maximum absolute atomic E-state index is 6.33. The number of fused-ring (bicyclic) bond motifs is 5. The summed E-state index contributed by atoms with van der Waals surface area (Å²) in [5, 5.41) is 9.98. The van der Waals surface area contributed by atoms with Crippen LogP contribution < -0.4 is 0 Å². The molecule has 0 atom stereocenters. The van der Waals surface area contributed by atoms with E-state index in [1.807, 2.05) is 0 Å². The van der Waals surface area contributed by atoms with E-state index in [4.69, 9.17) is 4.42 Å². The van der Waals surface area contributed by atoms with Crippen LogP contribution in [0.25, 0.3) is 87.6 Å². The van der Waals surface area contributed by atoms with Crippen LogP contribution in [0.3, 0.4) is 0 Å². The van der Waals surface area contributed by atoms with Crippen LogP contribution >= 0.6 is 0 Å². The third-order valence-electron chi connectivity index (χ3n) is 10.2. The number of furan rings is 1. The van der Waals surface area contributed by atoms with Crippen molar-refractivity contribution in [1.29, 1.82) is 0 Å². The lowest BCUT2D eigenvalue weighted by Gasteiger charge is -2.23. The van der Waals surface area contributed by atoms with Gasteiger partial charge in [0.2, 0.25) is 0 Å². The quantitative estimate of drug-likeness (QED) is 0.151. The van der Waals surface area contributed by atoms with Gasteiger partial charge in [-0.25, -0.2) is 0 Å². The van der Waals surface area contributed by atoms with E-state index >= 15 is 0 Å². The lowest BCUT2D eigenvalue weighted by atomic mass is 9.80. The summed E-state index contributed by atoms with van der Waals surface area (Å²) in [6, 6.07) is 49.2. The van der Waals surface area contributed by atoms with Crippen LogP contribution in [0.5, 0.6) is 0 Å². The van der Waals surface area contributed by atoms with E-state index in [2.05, 4.69) is 147 Å². The van der Waals surface area contributed by atoms with Crippen molar-refractivity contribution >= 4 is 54.3 Å². The van der Waals surface area contributed by atoms with Gasteiger partial charge in [-0.05, 0) is 101 Å². The van der Waals surface area contributed by atoms with E-state index in [1.54, 1.807) is 0 Å². The Morgan fingerprint density at radius 2 is 1.07 bits per heavy atom. The maximum atomic E-state index is 6.33. The van der Waals surface area contributed by atoms with Crippen molar-refractivity contribution in [3.8, 4) is 33.4 Å². The molecule has 10 rings (SSSR count). The zero-order valence-corrected chi connectivity index (χ0v) is 24.6. The molecule has 1 aliphatic rings. The van der Waals surface area contributed by atoms with Crippen molar-refractivity contribution < 1.29 is 4.42 Å². The molecule has 1 aliphatic carbocycles. The van der Waals surface area contributed by atoms with E-state index < -0.39 is 0 Å². The summed E-state index contributed by atoms with van der Waals surface area (Å²) in [4.78, 5) is 0. The first kappa shape index (κ1) is 24.1. The first-order valence-electron chi connectivity index (χ1n) is 15.4. The Kier molecular flexibility index (Phi) is 4.58. The minimum absolute atomic E-state index is 0.0515. The van der Waals surface area contributed by atoms with Gasteiger partial charge in [0.15, 0.2) is 0 Å². The summed E-state index contributed by atoms with van der Waals surface area (Å²) < 4.78 is 6.33. The van der Waals surface area contributed by atoms with E-state index in [9.17, 15) is 0 Å². The second kappa shape index (κ2) is 8.36. The minimum atomic E-state index is -0.0515. The highest BCUT2D eigenvalue weighted by atomic mass is 16.3. The van der Waals surface area contributed by atoms with Crippen molar-refractivity contribution in [1.82, 2.24) is 0 Å². The van der Waals surface area contributed by atoms with Crippen LogP contribution in [0.15, 0.2) is 138 Å². The molecule has 206 valence electrons. The molecule has 9 aromatic rings. The minimum Gasteiger partial charge on any atom is -0.456 e. The van der Waals surface area contributed by atoms with Gasteiger partial charge in [-0.2, -0.15) is 0 Å². The van der Waals surface area contributed by atoms with Crippen LogP contribution in [0.1, 0.15) is 25.0 Å². The lowest BCUT2D eigenvalue weighted by Crippen LogP contribution is -2.14. The van der Waals surface area contributed by atoms with E-state index in [0.717, 1.165) is 11.2 Å². The van der Waals surface area contributed by atoms with Crippen molar-refractivity contribution in [2.45, 2.75) is 19.3 Å². The Balaban J connectivity index is 1.30. The van der Waals surface area contributed by atoms with Gasteiger partial charge in [0.05, 0.1) is 0 Å². The zero-order chi connectivity index (χ0) is 29.2. The Labute approximate surface area is 255 Å². The SMILES string of the molecule is CC1(C)c2ccccc2-c2ccc(-c3c4ccccc4c(-c4ccc5oc6cccc7ccc4c5c76)c4ccccc34)cc21. The first-order valence-corrected chi connectivity index (χ1v) is 15.4. The average Bonchev–Trinajstić information content (AvgIpc) is 3.56. The topological polar surface area (TPSA) is 13.1 Å². The molecule has 0 amide bonds. The zero-order valence-electron chi connectivity index (χ0n) is 24.6. The molecular weight excluding hydrogens is 532 g/mol. The van der Waals surface area contributed by atoms with Crippen LogP contribution in [-0.2, 0) is 5.41 Å². The molecule has 0 unspecified atom stereocenters. The fraction of sp³-hybridized carbons (Fsp3) is 0.0698. The second-order valence-corrected chi connectivity index (χ2v) is 12.8. The number of hydrogen-bond donors (Lipinski definition) is 0. The lowest BCUT2D eigenvalue weighted by molar-refractivity contribution is 0.660. The van der Waals surface area contributed by atoms with Crippen LogP contribution in [0.2, 0.25) is 0 Å². The first-order chi connectivity index (χ1) is 21.6. The molecule has 1 nitrogen and oxygen atoms in total. The van der Waals surface area contributed by atoms with Crippen LogP contribution in [0.4, 0.5) is 0 Å². The van der Waals surface area contributed by atoms with Gasteiger partial charge in [-0.1, -0.05) is 123 Å². The van der Waals surface area contributed by atoms with Crippen molar-refractivity contribution in [3.63, 3.8) is 0 Å². The molecule has 44 heavy (non-hydrogen) atoms. The van der Waals surface area contributed by atoms with Gasteiger partial charge >= 0.3 is 0 Å². The van der Waals surface area contributed by atoms with Gasteiger partial charge in [0, 0.05) is 16.2 Å². The maximum Gasteiger partial charge on any atom is 0.136 e. The van der Waals surface area contributed by atoms with Gasteiger partial charge < -0.3 is 4.42 Å². The van der Waals surface area contributed by atoms with E-state index in [0.29, 0.717) is 0 Å². The molecule has 0 aliphatic heterocycles. The highest BCUT2D eigenvalue weighted by Gasteiger charge is 2.35. The van der Waals surface area contributed by atoms with Crippen LogP contribution in [-0.4, -0.2) is 0 Å². The molecule has 0 N–H and O–H groups in total. The van der Waals surface area contributed by atoms with Gasteiger partial charge in [0.1, 0.15) is 11.2 Å². The average molecular weight is 561 g/mol. The van der Waals surface area contributed by atoms with Gasteiger partial charge in [-0.15, -0.1) is 0 Å². The number of rotatable bonds is 2. The molecule has 0 spiro atoms. The summed E-state index contributed by atoms with van der Waals surface area (Å²) in [5.41, 5.74) is 12.5. The Bertz CT molecular complexity index is 2570. The smallest absolute Gasteiger partial charge is 0.136 e. The van der Waals surface area contributed by atoms with Crippen LogP contribution in [0, 0.1) is 0 Å². The molecule has 1 aromatic heterocycles. The summed E-state index contributed by atoms with van der Waals surface area (Å²) >= 11 is 0. The molecule has 8 aromatic carbocycles. The molecule has 0 saturated carbocycles. The highest BCUT2D eigenvalue weighted by Crippen LogP contribution is 2.52. The fourth-order valence-corrected chi connectivity index (χ4v) is 8.25. The predicted octanol–water partition coefficient (Wildman–Crippen LogP) is 12.1. The van der Waals surface area contributed by atoms with Crippen molar-refractivity contribution in [2.75, 3.05) is 0 Å². The van der Waals surface area contributed by atoms with E-state index in [-0.39, 0.29) is 5.41 Å². The van der Waals surface area contributed by atoms with Crippen molar-refractivity contribution in [2.24, 2.45) is 0 Å². The molecule has 1 heteroatoms. The number of benzene rings is 8. The molecule has 0 fully saturated rings. The fourth-order valence-electron chi connectivity index (χ4n) is 8.25. The third kappa shape index (κ3) is 2.99. The summed E-state index contributed by atoms with van der Waals surface area (Å²) in [5.74, 6) is 0. The number of hydrogen-bond acceptors (Lipinski definition) is 1. The largest absolute Gasteiger partial charge is 0.456 e. The Morgan fingerprint density at radius 1 is 0.432 bits per heavy atom. The summed E-state index contributed by atoms with van der Waals surface area (Å²) in [6.45, 7) is 4.72. The molecule has 1 heterocycles. The molecule has 0 radical (unpaired) electrons. The predicted molar refractivity (Wildman–Crippen MR) is 186 cm³/mol. The summed E-state index contributed by atoms with van der Waals surface area (Å²) in [6.07, 6.45) is 0. The monoisotopic (exact) mass is 560 g/mol. The van der Waals surface area contributed by atoms with Gasteiger partial charge in [0.25, 0.3) is 0 Å². The Hall–Kier alpha value is -5.40. The van der Waals surface area contributed by atoms with Gasteiger partial charge in [-0.3, -0.25) is 0 Å². The van der Waals surface area contributed by atoms with Crippen molar-refractivity contribution in [3.05, 3.63) is 145 Å². The molecular formula is C43H28O. The Morgan fingerprint density at radius 3 is 1.84 bits per heavy atom. The second-order valence-electron chi connectivity index (χ2n) is 12.8. The molecule has 0 bridgehead atoms.